The Kier molecular flexibility index (Phi) is 3.70. The molecule has 2 heterocycles. The molecule has 8 nitrogen and oxygen atoms in total. The first-order chi connectivity index (χ1) is 10.0. The van der Waals surface area contributed by atoms with E-state index in [-0.39, 0.29) is 5.56 Å². The Balaban J connectivity index is 1.94. The van der Waals surface area contributed by atoms with E-state index in [4.69, 9.17) is 9.84 Å². The normalized spacial score (nSPS) is 32.5. The molecule has 2 aliphatic rings. The Morgan fingerprint density at radius 3 is 2.57 bits per heavy atom. The van der Waals surface area contributed by atoms with Gasteiger partial charge in [0.25, 0.3) is 5.56 Å². The van der Waals surface area contributed by atoms with Gasteiger partial charge in [-0.25, -0.2) is 4.79 Å². The third kappa shape index (κ3) is 2.67. The number of aliphatic hydroxyl groups excluding tert-OH is 3. The average Bonchev–Trinajstić information content (AvgIpc) is 3.22. The highest BCUT2D eigenvalue weighted by molar-refractivity contribution is 5.14. The molecule has 4 N–H and O–H groups in total. The van der Waals surface area contributed by atoms with E-state index in [9.17, 15) is 19.8 Å². The zero-order valence-corrected chi connectivity index (χ0v) is 11.3. The highest BCUT2D eigenvalue weighted by Crippen LogP contribution is 2.32. The summed E-state index contributed by atoms with van der Waals surface area (Å²) in [5.74, 6) is 0.437. The molecule has 1 aliphatic carbocycles. The van der Waals surface area contributed by atoms with Crippen LogP contribution in [0.4, 0.5) is 0 Å². The van der Waals surface area contributed by atoms with Crippen molar-refractivity contribution in [1.29, 1.82) is 0 Å². The number of hydrogen-bond acceptors (Lipinski definition) is 6. The highest BCUT2D eigenvalue weighted by Gasteiger charge is 2.44. The van der Waals surface area contributed by atoms with Crippen molar-refractivity contribution in [2.45, 2.75) is 43.8 Å². The van der Waals surface area contributed by atoms with Crippen LogP contribution >= 0.6 is 0 Å². The molecule has 116 valence electrons. The molecule has 1 saturated carbocycles. The second-order valence-corrected chi connectivity index (χ2v) is 5.70. The van der Waals surface area contributed by atoms with Gasteiger partial charge in [-0.1, -0.05) is 0 Å². The second-order valence-electron chi connectivity index (χ2n) is 5.70. The Morgan fingerprint density at radius 2 is 2.00 bits per heavy atom. The van der Waals surface area contributed by atoms with Crippen molar-refractivity contribution in [3.8, 4) is 0 Å². The zero-order chi connectivity index (χ0) is 15.1. The smallest absolute Gasteiger partial charge is 0.328 e. The molecular formula is C13H18N2O6. The minimum atomic E-state index is -1.32. The first kappa shape index (κ1) is 14.5. The summed E-state index contributed by atoms with van der Waals surface area (Å²) in [4.78, 5) is 25.9. The fourth-order valence-corrected chi connectivity index (χ4v) is 2.60. The summed E-state index contributed by atoms with van der Waals surface area (Å²) in [6, 6.07) is 0. The Hall–Kier alpha value is -1.48. The molecule has 0 radical (unpaired) electrons. The fraction of sp³-hybridized carbons (Fsp3) is 0.692. The van der Waals surface area contributed by atoms with Crippen LogP contribution in [0.2, 0.25) is 0 Å². The van der Waals surface area contributed by atoms with E-state index in [0.29, 0.717) is 12.5 Å². The molecule has 2 fully saturated rings. The molecule has 1 aromatic heterocycles. The summed E-state index contributed by atoms with van der Waals surface area (Å²) in [5, 5.41) is 28.8. The quantitative estimate of drug-likeness (QED) is 0.514. The Morgan fingerprint density at radius 1 is 1.29 bits per heavy atom. The zero-order valence-electron chi connectivity index (χ0n) is 11.3. The van der Waals surface area contributed by atoms with E-state index in [2.05, 4.69) is 4.98 Å². The Bertz CT molecular complexity index is 634. The summed E-state index contributed by atoms with van der Waals surface area (Å²) in [5.41, 5.74) is -1.07. The van der Waals surface area contributed by atoms with Gasteiger partial charge >= 0.3 is 5.69 Å². The van der Waals surface area contributed by atoms with Gasteiger partial charge in [0.05, 0.1) is 12.2 Å². The lowest BCUT2D eigenvalue weighted by atomic mass is 10.0. The van der Waals surface area contributed by atoms with E-state index in [1.807, 2.05) is 0 Å². The third-order valence-corrected chi connectivity index (χ3v) is 4.04. The number of ether oxygens (including phenoxy) is 1. The molecule has 4 atom stereocenters. The van der Waals surface area contributed by atoms with E-state index >= 15 is 0 Å². The van der Waals surface area contributed by atoms with Crippen molar-refractivity contribution in [2.75, 3.05) is 6.61 Å². The number of hydrogen-bond donors (Lipinski definition) is 4. The Labute approximate surface area is 119 Å². The lowest BCUT2D eigenvalue weighted by Gasteiger charge is -2.15. The van der Waals surface area contributed by atoms with E-state index in [1.165, 1.54) is 10.8 Å². The molecule has 8 heteroatoms. The average molecular weight is 298 g/mol. The molecule has 1 aliphatic heterocycles. The van der Waals surface area contributed by atoms with Crippen LogP contribution in [0, 0.1) is 5.92 Å². The van der Waals surface area contributed by atoms with Crippen molar-refractivity contribution < 1.29 is 20.1 Å². The van der Waals surface area contributed by atoms with Crippen LogP contribution in [-0.4, -0.2) is 49.8 Å². The van der Waals surface area contributed by atoms with Crippen LogP contribution in [0.1, 0.15) is 24.5 Å². The second kappa shape index (κ2) is 5.38. The molecule has 1 saturated heterocycles. The number of aromatic nitrogens is 2. The molecule has 4 unspecified atom stereocenters. The maximum atomic E-state index is 11.9. The number of H-pyrrole nitrogens is 1. The van der Waals surface area contributed by atoms with E-state index < -0.39 is 42.3 Å². The summed E-state index contributed by atoms with van der Waals surface area (Å²) in [6.45, 7) is 0.0474. The third-order valence-electron chi connectivity index (χ3n) is 4.04. The number of aliphatic hydroxyl groups is 3. The number of rotatable bonds is 4. The van der Waals surface area contributed by atoms with Crippen molar-refractivity contribution in [3.63, 3.8) is 0 Å². The van der Waals surface area contributed by atoms with Gasteiger partial charge in [0, 0.05) is 12.7 Å². The SMILES string of the molecule is O=c1[nH]c(=O)n(CC2CC2)cc1C1OC(CO)C(O)C1O. The van der Waals surface area contributed by atoms with Gasteiger partial charge in [-0.05, 0) is 18.8 Å². The van der Waals surface area contributed by atoms with Gasteiger partial charge in [0.1, 0.15) is 24.4 Å². The van der Waals surface area contributed by atoms with Crippen molar-refractivity contribution in [3.05, 3.63) is 32.6 Å². The molecular weight excluding hydrogens is 280 g/mol. The fourth-order valence-electron chi connectivity index (χ4n) is 2.60. The molecule has 0 spiro atoms. The summed E-state index contributed by atoms with van der Waals surface area (Å²) >= 11 is 0. The lowest BCUT2D eigenvalue weighted by molar-refractivity contribution is -0.0233. The first-order valence-corrected chi connectivity index (χ1v) is 6.97. The van der Waals surface area contributed by atoms with Gasteiger partial charge in [-0.3, -0.25) is 14.3 Å². The number of aromatic amines is 1. The summed E-state index contributed by atoms with van der Waals surface area (Å²) in [7, 11) is 0. The highest BCUT2D eigenvalue weighted by atomic mass is 16.6. The lowest BCUT2D eigenvalue weighted by Crippen LogP contribution is -2.36. The van der Waals surface area contributed by atoms with Crippen LogP contribution in [0.3, 0.4) is 0 Å². The largest absolute Gasteiger partial charge is 0.394 e. The van der Waals surface area contributed by atoms with Crippen LogP contribution in [-0.2, 0) is 11.3 Å². The molecule has 0 aromatic carbocycles. The van der Waals surface area contributed by atoms with Crippen molar-refractivity contribution in [2.24, 2.45) is 5.92 Å². The maximum absolute atomic E-state index is 11.9. The monoisotopic (exact) mass is 298 g/mol. The van der Waals surface area contributed by atoms with E-state index in [1.54, 1.807) is 0 Å². The molecule has 21 heavy (non-hydrogen) atoms. The maximum Gasteiger partial charge on any atom is 0.328 e. The van der Waals surface area contributed by atoms with Crippen LogP contribution in [0.5, 0.6) is 0 Å². The van der Waals surface area contributed by atoms with Gasteiger partial charge < -0.3 is 20.1 Å². The van der Waals surface area contributed by atoms with Crippen LogP contribution < -0.4 is 11.2 Å². The minimum absolute atomic E-state index is 0.0813. The minimum Gasteiger partial charge on any atom is -0.394 e. The van der Waals surface area contributed by atoms with Crippen LogP contribution in [0.15, 0.2) is 15.8 Å². The van der Waals surface area contributed by atoms with Gasteiger partial charge in [0.15, 0.2) is 0 Å². The van der Waals surface area contributed by atoms with Crippen molar-refractivity contribution >= 4 is 0 Å². The predicted molar refractivity (Wildman–Crippen MR) is 70.8 cm³/mol. The van der Waals surface area contributed by atoms with Gasteiger partial charge in [-0.2, -0.15) is 0 Å². The molecule has 0 amide bonds. The topological polar surface area (TPSA) is 125 Å². The molecule has 0 bridgehead atoms. The molecule has 1 aromatic rings. The molecule has 3 rings (SSSR count). The summed E-state index contributed by atoms with van der Waals surface area (Å²) < 4.78 is 6.72. The first-order valence-electron chi connectivity index (χ1n) is 6.97. The number of nitrogens with zero attached hydrogens (tertiary/aromatic N) is 1. The van der Waals surface area contributed by atoms with Gasteiger partial charge in [-0.15, -0.1) is 0 Å². The van der Waals surface area contributed by atoms with Gasteiger partial charge in [0.2, 0.25) is 0 Å². The van der Waals surface area contributed by atoms with Crippen LogP contribution in [0.25, 0.3) is 0 Å². The number of nitrogens with one attached hydrogen (secondary N) is 1. The predicted octanol–water partition coefficient (Wildman–Crippen LogP) is -1.90. The summed E-state index contributed by atoms with van der Waals surface area (Å²) in [6.07, 6.45) is -1.14. The van der Waals surface area contributed by atoms with E-state index in [0.717, 1.165) is 12.8 Å². The standard InChI is InChI=1S/C13H18N2O6/c16-5-8-9(17)10(18)11(21-8)7-4-15(3-6-1-2-6)13(20)14-12(7)19/h4,6,8-11,16-18H,1-3,5H2,(H,14,19,20). The van der Waals surface area contributed by atoms with Crippen molar-refractivity contribution in [1.82, 2.24) is 9.55 Å².